The third-order valence-electron chi connectivity index (χ3n) is 5.06. The summed E-state index contributed by atoms with van der Waals surface area (Å²) in [6.07, 6.45) is 0. The Morgan fingerprint density at radius 3 is 2.38 bits per heavy atom. The third kappa shape index (κ3) is 4.46. The van der Waals surface area contributed by atoms with Gasteiger partial charge in [0.05, 0.1) is 10.6 Å². The van der Waals surface area contributed by atoms with Crippen molar-refractivity contribution >= 4 is 56.2 Å². The van der Waals surface area contributed by atoms with Gasteiger partial charge in [0.15, 0.2) is 0 Å². The lowest BCUT2D eigenvalue weighted by Gasteiger charge is -2.30. The van der Waals surface area contributed by atoms with E-state index in [1.54, 1.807) is 12.1 Å². The minimum absolute atomic E-state index is 0. The number of nitrogens with zero attached hydrogens (tertiary/aromatic N) is 1. The first-order valence-electron chi connectivity index (χ1n) is 9.22. The zero-order chi connectivity index (χ0) is 19.7. The van der Waals surface area contributed by atoms with Crippen LogP contribution in [0.2, 0.25) is 5.02 Å². The first-order chi connectivity index (χ1) is 13.5. The van der Waals surface area contributed by atoms with Gasteiger partial charge in [-0.2, -0.15) is 0 Å². The summed E-state index contributed by atoms with van der Waals surface area (Å²) < 4.78 is 28.6. The zero-order valence-electron chi connectivity index (χ0n) is 16.0. The average Bonchev–Trinajstić information content (AvgIpc) is 2.71. The molecule has 1 fully saturated rings. The van der Waals surface area contributed by atoms with Gasteiger partial charge in [0, 0.05) is 47.7 Å². The van der Waals surface area contributed by atoms with Crippen LogP contribution in [0, 0.1) is 6.92 Å². The van der Waals surface area contributed by atoms with Crippen molar-refractivity contribution in [1.29, 1.82) is 0 Å². The normalized spacial score (nSPS) is 14.5. The van der Waals surface area contributed by atoms with E-state index < -0.39 is 10.0 Å². The number of fused-ring (bicyclic) bond motifs is 1. The number of anilines is 2. The molecule has 4 rings (SSSR count). The monoisotopic (exact) mass is 451 g/mol. The molecule has 1 aliphatic heterocycles. The largest absolute Gasteiger partial charge is 0.368 e. The Balaban J connectivity index is 0.00000240. The summed E-state index contributed by atoms with van der Waals surface area (Å²) in [4.78, 5) is 2.48. The van der Waals surface area contributed by atoms with Gasteiger partial charge in [0.25, 0.3) is 10.0 Å². The second-order valence-electron chi connectivity index (χ2n) is 6.93. The molecule has 0 spiro atoms. The Hall–Kier alpha value is -1.99. The Bertz CT molecular complexity index is 1130. The summed E-state index contributed by atoms with van der Waals surface area (Å²) in [6.45, 7) is 5.58. The molecule has 0 atom stereocenters. The molecule has 29 heavy (non-hydrogen) atoms. The lowest BCUT2D eigenvalue weighted by Crippen LogP contribution is -2.43. The molecule has 0 radical (unpaired) electrons. The van der Waals surface area contributed by atoms with Gasteiger partial charge in [-0.05, 0) is 36.8 Å². The summed E-state index contributed by atoms with van der Waals surface area (Å²) >= 11 is 6.12. The highest BCUT2D eigenvalue weighted by Crippen LogP contribution is 2.34. The molecule has 1 heterocycles. The number of hydrogen-bond acceptors (Lipinski definition) is 4. The van der Waals surface area contributed by atoms with Crippen LogP contribution < -0.4 is 14.9 Å². The molecule has 154 valence electrons. The van der Waals surface area contributed by atoms with Crippen LogP contribution in [0.25, 0.3) is 10.8 Å². The predicted molar refractivity (Wildman–Crippen MR) is 123 cm³/mol. The predicted octanol–water partition coefficient (Wildman–Crippen LogP) is 4.43. The van der Waals surface area contributed by atoms with Crippen LogP contribution in [0.3, 0.4) is 0 Å². The maximum atomic E-state index is 12.9. The number of halogens is 2. The summed E-state index contributed by atoms with van der Waals surface area (Å²) in [7, 11) is -3.74. The van der Waals surface area contributed by atoms with Gasteiger partial charge in [0.1, 0.15) is 0 Å². The molecule has 3 aromatic rings. The average molecular weight is 452 g/mol. The van der Waals surface area contributed by atoms with Crippen LogP contribution in [-0.2, 0) is 10.0 Å². The van der Waals surface area contributed by atoms with Crippen molar-refractivity contribution in [2.75, 3.05) is 35.8 Å². The zero-order valence-corrected chi connectivity index (χ0v) is 18.4. The van der Waals surface area contributed by atoms with Crippen LogP contribution >= 0.6 is 24.0 Å². The Kier molecular flexibility index (Phi) is 6.58. The smallest absolute Gasteiger partial charge is 0.261 e. The van der Waals surface area contributed by atoms with Crippen LogP contribution in [-0.4, -0.2) is 34.6 Å². The van der Waals surface area contributed by atoms with E-state index in [4.69, 9.17) is 11.6 Å². The highest BCUT2D eigenvalue weighted by Gasteiger charge is 2.19. The lowest BCUT2D eigenvalue weighted by atomic mass is 10.1. The molecule has 5 nitrogen and oxygen atoms in total. The van der Waals surface area contributed by atoms with E-state index in [-0.39, 0.29) is 17.3 Å². The number of aryl methyl sites for hydroxylation is 1. The molecule has 0 saturated carbocycles. The molecular weight excluding hydrogens is 429 g/mol. The highest BCUT2D eigenvalue weighted by atomic mass is 35.5. The number of piperazine rings is 1. The number of nitrogens with one attached hydrogen (secondary N) is 2. The van der Waals surface area contributed by atoms with Crippen molar-refractivity contribution in [3.05, 3.63) is 65.2 Å². The summed E-state index contributed by atoms with van der Waals surface area (Å²) in [6, 6.07) is 16.5. The fourth-order valence-corrected chi connectivity index (χ4v) is 4.85. The van der Waals surface area contributed by atoms with Crippen molar-refractivity contribution in [3.63, 3.8) is 0 Å². The van der Waals surface area contributed by atoms with Crippen LogP contribution in [0.15, 0.2) is 59.5 Å². The fraction of sp³-hybridized carbons (Fsp3) is 0.238. The number of sulfonamides is 1. The number of rotatable bonds is 4. The van der Waals surface area contributed by atoms with Gasteiger partial charge in [-0.3, -0.25) is 4.72 Å². The Morgan fingerprint density at radius 2 is 1.69 bits per heavy atom. The minimum atomic E-state index is -3.74. The number of benzene rings is 3. The SMILES string of the molecule is Cc1ccc(S(=O)(=O)Nc2ccc(N3CCNCC3)c3ccccc23)cc1Cl.Cl. The molecule has 0 aliphatic carbocycles. The first kappa shape index (κ1) is 21.7. The van der Waals surface area contributed by atoms with Crippen LogP contribution in [0.1, 0.15) is 5.56 Å². The summed E-state index contributed by atoms with van der Waals surface area (Å²) in [5.74, 6) is 0. The van der Waals surface area contributed by atoms with E-state index in [1.165, 1.54) is 6.07 Å². The molecule has 1 saturated heterocycles. The Morgan fingerprint density at radius 1 is 1.00 bits per heavy atom. The van der Waals surface area contributed by atoms with Crippen molar-refractivity contribution in [1.82, 2.24) is 5.32 Å². The second-order valence-corrected chi connectivity index (χ2v) is 9.02. The van der Waals surface area contributed by atoms with Crippen molar-refractivity contribution in [2.24, 2.45) is 0 Å². The highest BCUT2D eigenvalue weighted by molar-refractivity contribution is 7.92. The maximum Gasteiger partial charge on any atom is 0.261 e. The van der Waals surface area contributed by atoms with Crippen molar-refractivity contribution < 1.29 is 8.42 Å². The first-order valence-corrected chi connectivity index (χ1v) is 11.1. The van der Waals surface area contributed by atoms with E-state index in [2.05, 4.69) is 14.9 Å². The van der Waals surface area contributed by atoms with Gasteiger partial charge in [-0.1, -0.05) is 41.9 Å². The van der Waals surface area contributed by atoms with Gasteiger partial charge in [-0.25, -0.2) is 8.42 Å². The van der Waals surface area contributed by atoms with Crippen LogP contribution in [0.5, 0.6) is 0 Å². The molecule has 0 amide bonds. The molecule has 0 aromatic heterocycles. The topological polar surface area (TPSA) is 61.4 Å². The number of hydrogen-bond donors (Lipinski definition) is 2. The van der Waals surface area contributed by atoms with Gasteiger partial charge < -0.3 is 10.2 Å². The van der Waals surface area contributed by atoms with E-state index in [1.807, 2.05) is 43.3 Å². The minimum Gasteiger partial charge on any atom is -0.368 e. The lowest BCUT2D eigenvalue weighted by molar-refractivity contribution is 0.590. The molecule has 8 heteroatoms. The third-order valence-corrected chi connectivity index (χ3v) is 6.83. The van der Waals surface area contributed by atoms with Crippen LogP contribution in [0.4, 0.5) is 11.4 Å². The molecular formula is C21H23Cl2N3O2S. The second kappa shape index (κ2) is 8.79. The standard InChI is InChI=1S/C21H22ClN3O2S.ClH/c1-15-6-7-16(14-19(15)22)28(26,27)24-20-8-9-21(25-12-10-23-11-13-25)18-5-3-2-4-17(18)20;/h2-9,14,23-24H,10-13H2,1H3;1H. The van der Waals surface area contributed by atoms with E-state index >= 15 is 0 Å². The fourth-order valence-electron chi connectivity index (χ4n) is 3.50. The van der Waals surface area contributed by atoms with Gasteiger partial charge in [0.2, 0.25) is 0 Å². The molecule has 0 unspecified atom stereocenters. The quantitative estimate of drug-likeness (QED) is 0.615. The van der Waals surface area contributed by atoms with Gasteiger partial charge in [-0.15, -0.1) is 12.4 Å². The van der Waals surface area contributed by atoms with E-state index in [9.17, 15) is 8.42 Å². The summed E-state index contributed by atoms with van der Waals surface area (Å²) in [5, 5.41) is 5.70. The van der Waals surface area contributed by atoms with Crippen molar-refractivity contribution in [3.8, 4) is 0 Å². The molecule has 3 aromatic carbocycles. The van der Waals surface area contributed by atoms with Gasteiger partial charge >= 0.3 is 0 Å². The molecule has 1 aliphatic rings. The maximum absolute atomic E-state index is 12.9. The molecule has 2 N–H and O–H groups in total. The van der Waals surface area contributed by atoms with Crippen molar-refractivity contribution in [2.45, 2.75) is 11.8 Å². The van der Waals surface area contributed by atoms with E-state index in [0.29, 0.717) is 10.7 Å². The molecule has 0 bridgehead atoms. The van der Waals surface area contributed by atoms with E-state index in [0.717, 1.165) is 48.2 Å². The summed E-state index contributed by atoms with van der Waals surface area (Å²) in [5.41, 5.74) is 2.52. The Labute approximate surface area is 182 Å².